The molecule has 1 aliphatic rings. The lowest BCUT2D eigenvalue weighted by molar-refractivity contribution is 0.0743. The molecule has 0 radical (unpaired) electrons. The first-order valence-corrected chi connectivity index (χ1v) is 6.50. The zero-order chi connectivity index (χ0) is 11.5. The Balaban J connectivity index is 2.12. The standard InChI is InChI=1S/C12H15IN2O/c1-15(11-5-6-14-8-11)12(16)9-3-2-4-10(13)7-9/h2-4,7,11,14H,5-6,8H2,1H3/t11-/m1/s1. The van der Waals surface area contributed by atoms with E-state index in [0.717, 1.165) is 28.6 Å². The van der Waals surface area contributed by atoms with E-state index in [2.05, 4.69) is 27.9 Å². The number of carbonyl (C=O) groups is 1. The lowest BCUT2D eigenvalue weighted by Gasteiger charge is -2.23. The van der Waals surface area contributed by atoms with E-state index < -0.39 is 0 Å². The second kappa shape index (κ2) is 5.14. The van der Waals surface area contributed by atoms with Crippen LogP contribution in [0.3, 0.4) is 0 Å². The van der Waals surface area contributed by atoms with E-state index >= 15 is 0 Å². The van der Waals surface area contributed by atoms with E-state index in [-0.39, 0.29) is 5.91 Å². The quantitative estimate of drug-likeness (QED) is 0.838. The maximum absolute atomic E-state index is 12.2. The van der Waals surface area contributed by atoms with Crippen molar-refractivity contribution in [2.45, 2.75) is 12.5 Å². The molecule has 1 saturated heterocycles. The van der Waals surface area contributed by atoms with Crippen molar-refractivity contribution in [1.82, 2.24) is 10.2 Å². The Morgan fingerprint density at radius 3 is 3.00 bits per heavy atom. The molecule has 1 atom stereocenters. The van der Waals surface area contributed by atoms with Gasteiger partial charge >= 0.3 is 0 Å². The number of hydrogen-bond acceptors (Lipinski definition) is 2. The van der Waals surface area contributed by atoms with Crippen LogP contribution in [-0.4, -0.2) is 37.0 Å². The number of hydrogen-bond donors (Lipinski definition) is 1. The maximum atomic E-state index is 12.2. The molecular formula is C12H15IN2O. The lowest BCUT2D eigenvalue weighted by atomic mass is 10.1. The van der Waals surface area contributed by atoms with Gasteiger partial charge in [-0.1, -0.05) is 6.07 Å². The molecule has 16 heavy (non-hydrogen) atoms. The molecule has 1 N–H and O–H groups in total. The van der Waals surface area contributed by atoms with Gasteiger partial charge in [0.2, 0.25) is 0 Å². The summed E-state index contributed by atoms with van der Waals surface area (Å²) in [5.74, 6) is 0.118. The summed E-state index contributed by atoms with van der Waals surface area (Å²) in [6.07, 6.45) is 1.05. The number of likely N-dealkylation sites (N-methyl/N-ethyl adjacent to an activating group) is 1. The highest BCUT2D eigenvalue weighted by Gasteiger charge is 2.23. The first-order valence-electron chi connectivity index (χ1n) is 5.42. The van der Waals surface area contributed by atoms with Crippen LogP contribution in [0.2, 0.25) is 0 Å². The van der Waals surface area contributed by atoms with Gasteiger partial charge in [0.1, 0.15) is 0 Å². The molecule has 0 unspecified atom stereocenters. The largest absolute Gasteiger partial charge is 0.337 e. The van der Waals surface area contributed by atoms with E-state index in [0.29, 0.717) is 6.04 Å². The van der Waals surface area contributed by atoms with Crippen LogP contribution in [0.15, 0.2) is 24.3 Å². The Bertz CT molecular complexity index is 388. The monoisotopic (exact) mass is 330 g/mol. The first-order chi connectivity index (χ1) is 7.68. The van der Waals surface area contributed by atoms with Crippen LogP contribution >= 0.6 is 22.6 Å². The molecule has 0 saturated carbocycles. The van der Waals surface area contributed by atoms with Crippen LogP contribution in [-0.2, 0) is 0 Å². The molecule has 0 aliphatic carbocycles. The van der Waals surface area contributed by atoms with Gasteiger partial charge in [0.15, 0.2) is 0 Å². The minimum absolute atomic E-state index is 0.118. The van der Waals surface area contributed by atoms with Gasteiger partial charge in [-0.05, 0) is 53.8 Å². The molecule has 1 heterocycles. The summed E-state index contributed by atoms with van der Waals surface area (Å²) in [6.45, 7) is 1.92. The minimum atomic E-state index is 0.118. The predicted octanol–water partition coefficient (Wildman–Crippen LogP) is 1.73. The molecule has 2 rings (SSSR count). The first kappa shape index (κ1) is 11.9. The Kier molecular flexibility index (Phi) is 3.81. The van der Waals surface area contributed by atoms with Gasteiger partial charge in [-0.25, -0.2) is 0 Å². The zero-order valence-electron chi connectivity index (χ0n) is 9.24. The lowest BCUT2D eigenvalue weighted by Crippen LogP contribution is -2.38. The van der Waals surface area contributed by atoms with Gasteiger partial charge in [0.05, 0.1) is 0 Å². The fraction of sp³-hybridized carbons (Fsp3) is 0.417. The van der Waals surface area contributed by atoms with Crippen LogP contribution in [0.25, 0.3) is 0 Å². The number of rotatable bonds is 2. The molecule has 1 fully saturated rings. The van der Waals surface area contributed by atoms with Crippen molar-refractivity contribution in [3.63, 3.8) is 0 Å². The number of benzene rings is 1. The smallest absolute Gasteiger partial charge is 0.253 e. The summed E-state index contributed by atoms with van der Waals surface area (Å²) >= 11 is 2.23. The topological polar surface area (TPSA) is 32.3 Å². The third kappa shape index (κ3) is 2.55. The van der Waals surface area contributed by atoms with E-state index in [4.69, 9.17) is 0 Å². The molecule has 86 valence electrons. The van der Waals surface area contributed by atoms with Gasteiger partial charge in [0.25, 0.3) is 5.91 Å². The molecular weight excluding hydrogens is 315 g/mol. The van der Waals surface area contributed by atoms with Crippen molar-refractivity contribution < 1.29 is 4.79 Å². The predicted molar refractivity (Wildman–Crippen MR) is 72.5 cm³/mol. The number of carbonyl (C=O) groups excluding carboxylic acids is 1. The van der Waals surface area contributed by atoms with Crippen molar-refractivity contribution in [3.8, 4) is 0 Å². The van der Waals surface area contributed by atoms with Crippen molar-refractivity contribution in [2.75, 3.05) is 20.1 Å². The zero-order valence-corrected chi connectivity index (χ0v) is 11.4. The average molecular weight is 330 g/mol. The van der Waals surface area contributed by atoms with Crippen molar-refractivity contribution in [3.05, 3.63) is 33.4 Å². The second-order valence-electron chi connectivity index (χ2n) is 4.07. The molecule has 1 aliphatic heterocycles. The molecule has 1 amide bonds. The summed E-state index contributed by atoms with van der Waals surface area (Å²) in [5.41, 5.74) is 0.779. The van der Waals surface area contributed by atoms with Crippen LogP contribution in [0, 0.1) is 3.57 Å². The summed E-state index contributed by atoms with van der Waals surface area (Å²) < 4.78 is 1.10. The summed E-state index contributed by atoms with van der Waals surface area (Å²) in [7, 11) is 1.89. The third-order valence-corrected chi connectivity index (χ3v) is 3.64. The van der Waals surface area contributed by atoms with Crippen LogP contribution < -0.4 is 5.32 Å². The van der Waals surface area contributed by atoms with Crippen LogP contribution in [0.4, 0.5) is 0 Å². The van der Waals surface area contributed by atoms with Crippen molar-refractivity contribution in [1.29, 1.82) is 0 Å². The van der Waals surface area contributed by atoms with Gasteiger partial charge in [-0.2, -0.15) is 0 Å². The fourth-order valence-electron chi connectivity index (χ4n) is 1.96. The van der Waals surface area contributed by atoms with E-state index in [1.165, 1.54) is 0 Å². The Morgan fingerprint density at radius 1 is 1.56 bits per heavy atom. The number of nitrogens with one attached hydrogen (secondary N) is 1. The number of amides is 1. The molecule has 4 heteroatoms. The fourth-order valence-corrected chi connectivity index (χ4v) is 2.50. The molecule has 1 aromatic carbocycles. The van der Waals surface area contributed by atoms with E-state index in [1.807, 2.05) is 36.2 Å². The van der Waals surface area contributed by atoms with Crippen LogP contribution in [0.5, 0.6) is 0 Å². The highest BCUT2D eigenvalue weighted by atomic mass is 127. The molecule has 0 bridgehead atoms. The van der Waals surface area contributed by atoms with Gasteiger partial charge < -0.3 is 10.2 Å². The summed E-state index contributed by atoms with van der Waals surface area (Å²) in [5, 5.41) is 3.28. The molecule has 0 spiro atoms. The normalized spacial score (nSPS) is 19.8. The number of halogens is 1. The highest BCUT2D eigenvalue weighted by molar-refractivity contribution is 14.1. The molecule has 0 aromatic heterocycles. The minimum Gasteiger partial charge on any atom is -0.337 e. The Labute approximate surface area is 109 Å². The van der Waals surface area contributed by atoms with Gasteiger partial charge in [0, 0.05) is 28.8 Å². The average Bonchev–Trinajstić information content (AvgIpc) is 2.80. The van der Waals surface area contributed by atoms with Crippen molar-refractivity contribution in [2.24, 2.45) is 0 Å². The third-order valence-electron chi connectivity index (χ3n) is 2.97. The Hall–Kier alpha value is -0.620. The number of nitrogens with zero attached hydrogens (tertiary/aromatic N) is 1. The molecule has 3 nitrogen and oxygen atoms in total. The highest BCUT2D eigenvalue weighted by Crippen LogP contribution is 2.13. The van der Waals surface area contributed by atoms with E-state index in [1.54, 1.807) is 0 Å². The summed E-state index contributed by atoms with van der Waals surface area (Å²) in [4.78, 5) is 14.0. The maximum Gasteiger partial charge on any atom is 0.253 e. The van der Waals surface area contributed by atoms with E-state index in [9.17, 15) is 4.79 Å². The second-order valence-corrected chi connectivity index (χ2v) is 5.32. The Morgan fingerprint density at radius 2 is 2.38 bits per heavy atom. The molecule has 1 aromatic rings. The van der Waals surface area contributed by atoms with Gasteiger partial charge in [-0.15, -0.1) is 0 Å². The SMILES string of the molecule is CN(C(=O)c1cccc(I)c1)[C@@H]1CCNC1. The summed E-state index contributed by atoms with van der Waals surface area (Å²) in [6, 6.07) is 8.07. The van der Waals surface area contributed by atoms with Crippen LogP contribution in [0.1, 0.15) is 16.8 Å². The van der Waals surface area contributed by atoms with Gasteiger partial charge in [-0.3, -0.25) is 4.79 Å². The van der Waals surface area contributed by atoms with Crippen molar-refractivity contribution >= 4 is 28.5 Å².